The number of carbonyl (C=O) groups is 2. The zero-order chi connectivity index (χ0) is 29.9. The molecule has 0 aliphatic heterocycles. The Kier molecular flexibility index (Phi) is 6.20. The average Bonchev–Trinajstić information content (AvgIpc) is 2.86. The minimum Gasteiger partial charge on any atom is -0.381 e. The van der Waals surface area contributed by atoms with Crippen LogP contribution < -0.4 is 4.72 Å². The largest absolute Gasteiger partial charge is 0.381 e. The van der Waals surface area contributed by atoms with Gasteiger partial charge in [-0.05, 0) is 80.3 Å². The summed E-state index contributed by atoms with van der Waals surface area (Å²) in [6.45, 7) is 14.0. The number of Topliss-reactive ketones (excluding diaryl/α,β-unsaturated/α-hetero) is 1. The lowest BCUT2D eigenvalue weighted by Gasteiger charge is -2.71. The van der Waals surface area contributed by atoms with Gasteiger partial charge in [0.1, 0.15) is 11.7 Å². The normalized spacial score (nSPS) is 48.0. The van der Waals surface area contributed by atoms with Gasteiger partial charge in [0.15, 0.2) is 11.6 Å². The molecule has 0 bridgehead atoms. The number of aliphatic hydroxyl groups is 1. The Labute approximate surface area is 238 Å². The third-order valence-corrected chi connectivity index (χ3v) is 14.0. The highest BCUT2D eigenvalue weighted by Gasteiger charge is 2.75. The van der Waals surface area contributed by atoms with E-state index in [1.807, 2.05) is 27.7 Å². The van der Waals surface area contributed by atoms with E-state index >= 15 is 0 Å². The van der Waals surface area contributed by atoms with Crippen LogP contribution >= 0.6 is 0 Å². The van der Waals surface area contributed by atoms with Crippen LogP contribution in [-0.2, 0) is 24.1 Å². The molecule has 0 unspecified atom stereocenters. The number of nitrogens with zero attached hydrogens (tertiary/aromatic N) is 1. The van der Waals surface area contributed by atoms with Crippen molar-refractivity contribution in [3.05, 3.63) is 23.3 Å². The fourth-order valence-electron chi connectivity index (χ4n) is 10.2. The number of rotatable bonds is 3. The van der Waals surface area contributed by atoms with Crippen molar-refractivity contribution in [3.63, 3.8) is 0 Å². The molecule has 0 heterocycles. The number of ketones is 2. The first-order valence-corrected chi connectivity index (χ1v) is 15.9. The molecule has 3 fully saturated rings. The quantitative estimate of drug-likeness (QED) is 0.507. The van der Waals surface area contributed by atoms with Gasteiger partial charge in [0.05, 0.1) is 12.7 Å². The molecule has 8 atom stereocenters. The first-order chi connectivity index (χ1) is 18.2. The van der Waals surface area contributed by atoms with Gasteiger partial charge in [-0.15, -0.1) is 0 Å². The summed E-state index contributed by atoms with van der Waals surface area (Å²) in [6, 6.07) is 2.12. The van der Waals surface area contributed by atoms with Crippen LogP contribution in [0.1, 0.15) is 93.4 Å². The third-order valence-electron chi connectivity index (χ3n) is 12.8. The minimum atomic E-state index is -3.98. The van der Waals surface area contributed by atoms with Crippen LogP contribution in [0.15, 0.2) is 23.3 Å². The second-order valence-electron chi connectivity index (χ2n) is 15.1. The Balaban J connectivity index is 1.68. The van der Waals surface area contributed by atoms with Crippen LogP contribution in [0.3, 0.4) is 0 Å². The highest BCUT2D eigenvalue weighted by atomic mass is 32.2. The molecule has 5 aliphatic carbocycles. The van der Waals surface area contributed by atoms with Gasteiger partial charge in [-0.3, -0.25) is 13.8 Å². The molecule has 0 amide bonds. The molecule has 40 heavy (non-hydrogen) atoms. The molecule has 0 radical (unpaired) electrons. The summed E-state index contributed by atoms with van der Waals surface area (Å²) < 4.78 is 32.2. The number of allylic oxidation sites excluding steroid dienone is 3. The lowest BCUT2D eigenvalue weighted by Crippen LogP contribution is -2.74. The smallest absolute Gasteiger partial charge is 0.336 e. The maximum atomic E-state index is 14.5. The molecule has 0 aromatic rings. The van der Waals surface area contributed by atoms with E-state index in [0.29, 0.717) is 32.1 Å². The molecule has 5 aliphatic rings. The van der Waals surface area contributed by atoms with Crippen molar-refractivity contribution in [2.24, 2.45) is 38.9 Å². The highest BCUT2D eigenvalue weighted by molar-refractivity contribution is 7.84. The Morgan fingerprint density at radius 3 is 2.23 bits per heavy atom. The predicted octanol–water partition coefficient (Wildman–Crippen LogP) is 4.55. The van der Waals surface area contributed by atoms with E-state index in [1.165, 1.54) is 0 Å². The zero-order valence-corrected chi connectivity index (χ0v) is 25.9. The SMILES string of the molecule is COS(=O)(=O)N[C@@]1(C)CC[C@]2(C)CC[C@@]3(C)[C@]4(C)CC[C@H]5C(C)(C)C(=O)C(C#N)=C[C@]5(C)C4=CC(=O)[C@]3(O)[C@@H]2C1. The molecule has 0 aromatic carbocycles. The summed E-state index contributed by atoms with van der Waals surface area (Å²) in [5.74, 6) is -1.05. The van der Waals surface area contributed by atoms with E-state index in [0.717, 1.165) is 25.5 Å². The molecular weight excluding hydrogens is 528 g/mol. The van der Waals surface area contributed by atoms with E-state index in [2.05, 4.69) is 31.6 Å². The summed E-state index contributed by atoms with van der Waals surface area (Å²) in [5, 5.41) is 22.7. The molecule has 8 nitrogen and oxygen atoms in total. The van der Waals surface area contributed by atoms with Crippen LogP contribution in [0.2, 0.25) is 0 Å². The number of nitriles is 1. The summed E-state index contributed by atoms with van der Waals surface area (Å²) in [4.78, 5) is 27.7. The lowest BCUT2D eigenvalue weighted by molar-refractivity contribution is -0.239. The summed E-state index contributed by atoms with van der Waals surface area (Å²) >= 11 is 0. The standard InChI is InChI=1S/C31H44N2O6S/c1-25(2)20-9-10-29(6)21(28(20,5)16-19(18-32)24(25)35)15-23(34)31(36)22-17-27(4,33-40(37,38)39-8)13-11-26(22,3)12-14-30(29,31)7/h15-16,20,22,33,36H,9-14,17H2,1-8H3/t20-,22+,26+,27-,28-,29+,30-,31+/m0/s1. The average molecular weight is 573 g/mol. The minimum absolute atomic E-state index is 0.0817. The van der Waals surface area contributed by atoms with Crippen LogP contribution in [0.5, 0.6) is 0 Å². The molecule has 3 saturated carbocycles. The van der Waals surface area contributed by atoms with Crippen molar-refractivity contribution in [2.45, 2.75) is 105 Å². The number of hydrogen-bond acceptors (Lipinski definition) is 7. The van der Waals surface area contributed by atoms with Gasteiger partial charge < -0.3 is 5.11 Å². The van der Waals surface area contributed by atoms with Crippen molar-refractivity contribution < 1.29 is 27.3 Å². The third kappa shape index (κ3) is 3.49. The Bertz CT molecular complexity index is 1410. The molecular formula is C31H44N2O6S. The molecule has 220 valence electrons. The van der Waals surface area contributed by atoms with Gasteiger partial charge in [0.2, 0.25) is 0 Å². The Morgan fingerprint density at radius 1 is 1.00 bits per heavy atom. The summed E-state index contributed by atoms with van der Waals surface area (Å²) in [6.07, 6.45) is 7.87. The fourth-order valence-corrected chi connectivity index (χ4v) is 11.1. The van der Waals surface area contributed by atoms with Crippen LogP contribution in [0.25, 0.3) is 0 Å². The van der Waals surface area contributed by atoms with E-state index in [9.17, 15) is 28.4 Å². The molecule has 0 aromatic heterocycles. The zero-order valence-electron chi connectivity index (χ0n) is 25.1. The van der Waals surface area contributed by atoms with E-state index in [-0.39, 0.29) is 28.5 Å². The maximum absolute atomic E-state index is 14.5. The topological polar surface area (TPSA) is 134 Å². The summed E-state index contributed by atoms with van der Waals surface area (Å²) in [7, 11) is -2.86. The van der Waals surface area contributed by atoms with Crippen LogP contribution in [0.4, 0.5) is 0 Å². The van der Waals surface area contributed by atoms with E-state index in [1.54, 1.807) is 12.2 Å². The maximum Gasteiger partial charge on any atom is 0.336 e. The lowest BCUT2D eigenvalue weighted by atomic mass is 9.33. The van der Waals surface area contributed by atoms with Gasteiger partial charge in [0, 0.05) is 27.7 Å². The van der Waals surface area contributed by atoms with Crippen molar-refractivity contribution in [3.8, 4) is 6.07 Å². The van der Waals surface area contributed by atoms with E-state index < -0.39 is 49.0 Å². The van der Waals surface area contributed by atoms with Gasteiger partial charge in [0.25, 0.3) is 0 Å². The van der Waals surface area contributed by atoms with Crippen molar-refractivity contribution in [1.82, 2.24) is 4.72 Å². The highest BCUT2D eigenvalue weighted by Crippen LogP contribution is 2.75. The van der Waals surface area contributed by atoms with Crippen molar-refractivity contribution >= 4 is 21.9 Å². The van der Waals surface area contributed by atoms with Crippen LogP contribution in [-0.4, -0.2) is 43.3 Å². The second kappa shape index (κ2) is 8.37. The first-order valence-electron chi connectivity index (χ1n) is 14.5. The van der Waals surface area contributed by atoms with E-state index in [4.69, 9.17) is 4.18 Å². The first kappa shape index (κ1) is 29.6. The number of fused-ring (bicyclic) bond motifs is 7. The van der Waals surface area contributed by atoms with Gasteiger partial charge in [-0.2, -0.15) is 18.4 Å². The molecule has 2 N–H and O–H groups in total. The Hall–Kier alpha value is -1.86. The monoisotopic (exact) mass is 572 g/mol. The second-order valence-corrected chi connectivity index (χ2v) is 16.6. The van der Waals surface area contributed by atoms with Crippen molar-refractivity contribution in [2.75, 3.05) is 7.11 Å². The Morgan fingerprint density at radius 2 is 1.62 bits per heavy atom. The van der Waals surface area contributed by atoms with Gasteiger partial charge >= 0.3 is 10.3 Å². The number of hydrogen-bond donors (Lipinski definition) is 2. The van der Waals surface area contributed by atoms with Crippen molar-refractivity contribution in [1.29, 1.82) is 5.26 Å². The number of nitrogens with one attached hydrogen (secondary N) is 1. The summed E-state index contributed by atoms with van der Waals surface area (Å²) in [5.41, 5.74) is -4.73. The van der Waals surface area contributed by atoms with Gasteiger partial charge in [-0.1, -0.05) is 47.6 Å². The molecule has 9 heteroatoms. The number of carbonyl (C=O) groups excluding carboxylic acids is 2. The molecule has 5 rings (SSSR count). The molecule has 0 saturated heterocycles. The fraction of sp³-hybridized carbons (Fsp3) is 0.774. The van der Waals surface area contributed by atoms with Crippen LogP contribution in [0, 0.1) is 50.2 Å². The van der Waals surface area contributed by atoms with Gasteiger partial charge in [-0.25, -0.2) is 0 Å². The predicted molar refractivity (Wildman–Crippen MR) is 150 cm³/mol. The molecule has 0 spiro atoms.